The van der Waals surface area contributed by atoms with E-state index in [2.05, 4.69) is 26.9 Å². The van der Waals surface area contributed by atoms with Gasteiger partial charge in [-0.15, -0.1) is 10.2 Å². The average Bonchev–Trinajstić information content (AvgIpc) is 3.33. The summed E-state index contributed by atoms with van der Waals surface area (Å²) >= 11 is 0. The second kappa shape index (κ2) is 6.70. The summed E-state index contributed by atoms with van der Waals surface area (Å²) in [5.74, 6) is 0.610. The lowest BCUT2D eigenvalue weighted by Gasteiger charge is -2.13. The Hall–Kier alpha value is -1.91. The van der Waals surface area contributed by atoms with Crippen molar-refractivity contribution in [1.29, 1.82) is 0 Å². The lowest BCUT2D eigenvalue weighted by atomic mass is 9.97. The maximum absolute atomic E-state index is 11.8. The second-order valence-corrected chi connectivity index (χ2v) is 5.84. The van der Waals surface area contributed by atoms with Gasteiger partial charge in [-0.05, 0) is 57.1 Å². The zero-order valence-electron chi connectivity index (χ0n) is 12.3. The van der Waals surface area contributed by atoms with Gasteiger partial charge in [0, 0.05) is 12.6 Å². The van der Waals surface area contributed by atoms with Gasteiger partial charge in [0.25, 0.3) is 5.91 Å². The van der Waals surface area contributed by atoms with Gasteiger partial charge < -0.3 is 10.6 Å². The van der Waals surface area contributed by atoms with Crippen molar-refractivity contribution >= 4 is 11.7 Å². The van der Waals surface area contributed by atoms with E-state index in [-0.39, 0.29) is 5.91 Å². The van der Waals surface area contributed by atoms with E-state index in [1.54, 1.807) is 11.6 Å². The molecule has 0 spiro atoms. The molecule has 5 nitrogen and oxygen atoms in total. The molecule has 0 aromatic carbocycles. The molecule has 2 aliphatic rings. The highest BCUT2D eigenvalue weighted by atomic mass is 16.2. The van der Waals surface area contributed by atoms with Crippen LogP contribution in [-0.4, -0.2) is 28.7 Å². The molecule has 1 heterocycles. The lowest BCUT2D eigenvalue weighted by molar-refractivity contribution is 0.0945. The molecule has 1 amide bonds. The Bertz CT molecular complexity index is 520. The summed E-state index contributed by atoms with van der Waals surface area (Å²) in [5.41, 5.74) is 1.93. The number of carbonyl (C=O) groups excluding carboxylic acids is 1. The van der Waals surface area contributed by atoms with Gasteiger partial charge in [0.05, 0.1) is 0 Å². The van der Waals surface area contributed by atoms with Crippen molar-refractivity contribution in [1.82, 2.24) is 15.5 Å². The zero-order valence-corrected chi connectivity index (χ0v) is 12.3. The Kier molecular flexibility index (Phi) is 4.48. The third-order valence-corrected chi connectivity index (χ3v) is 3.95. The largest absolute Gasteiger partial charge is 0.368 e. The Morgan fingerprint density at radius 2 is 2.14 bits per heavy atom. The van der Waals surface area contributed by atoms with Crippen LogP contribution in [0.1, 0.15) is 55.4 Å². The van der Waals surface area contributed by atoms with Crippen LogP contribution in [0, 0.1) is 0 Å². The predicted octanol–water partition coefficient (Wildman–Crippen LogP) is 2.67. The Morgan fingerprint density at radius 3 is 2.81 bits per heavy atom. The molecule has 1 saturated carbocycles. The zero-order chi connectivity index (χ0) is 14.5. The number of amides is 1. The second-order valence-electron chi connectivity index (χ2n) is 5.84. The Labute approximate surface area is 125 Å². The van der Waals surface area contributed by atoms with Crippen molar-refractivity contribution in [3.63, 3.8) is 0 Å². The molecule has 0 unspecified atom stereocenters. The first-order valence-electron chi connectivity index (χ1n) is 7.87. The summed E-state index contributed by atoms with van der Waals surface area (Å²) in [6.07, 6.45) is 10.7. The summed E-state index contributed by atoms with van der Waals surface area (Å²) in [4.78, 5) is 11.8. The Balaban J connectivity index is 1.45. The van der Waals surface area contributed by atoms with E-state index in [1.165, 1.54) is 25.7 Å². The number of allylic oxidation sites excluding steroid dienone is 1. The van der Waals surface area contributed by atoms with Crippen molar-refractivity contribution in [3.05, 3.63) is 29.5 Å². The smallest absolute Gasteiger partial charge is 0.272 e. The molecular weight excluding hydrogens is 264 g/mol. The Morgan fingerprint density at radius 1 is 1.24 bits per heavy atom. The van der Waals surface area contributed by atoms with E-state index < -0.39 is 0 Å². The first-order chi connectivity index (χ1) is 10.3. The number of hydrogen-bond acceptors (Lipinski definition) is 4. The highest BCUT2D eigenvalue weighted by Gasteiger charge is 2.24. The number of aromatic nitrogens is 2. The summed E-state index contributed by atoms with van der Waals surface area (Å²) in [7, 11) is 0. The minimum Gasteiger partial charge on any atom is -0.368 e. The number of rotatable bonds is 6. The SMILES string of the molecule is O=C(NC1CC1)c1ccc(NCCC2=CCCCC2)nn1. The number of nitrogens with one attached hydrogen (secondary N) is 2. The molecule has 2 N–H and O–H groups in total. The van der Waals surface area contributed by atoms with Crippen LogP contribution in [0.5, 0.6) is 0 Å². The third-order valence-electron chi connectivity index (χ3n) is 3.95. The molecule has 3 rings (SSSR count). The fourth-order valence-electron chi connectivity index (χ4n) is 2.52. The van der Waals surface area contributed by atoms with E-state index in [0.29, 0.717) is 11.7 Å². The van der Waals surface area contributed by atoms with E-state index in [4.69, 9.17) is 0 Å². The molecule has 112 valence electrons. The van der Waals surface area contributed by atoms with Crippen LogP contribution in [0.2, 0.25) is 0 Å². The van der Waals surface area contributed by atoms with Crippen LogP contribution in [0.3, 0.4) is 0 Å². The van der Waals surface area contributed by atoms with Gasteiger partial charge in [-0.3, -0.25) is 4.79 Å². The van der Waals surface area contributed by atoms with Crippen molar-refractivity contribution in [3.8, 4) is 0 Å². The molecule has 0 atom stereocenters. The molecule has 2 aliphatic carbocycles. The van der Waals surface area contributed by atoms with Crippen LogP contribution in [0.25, 0.3) is 0 Å². The molecule has 0 bridgehead atoms. The van der Waals surface area contributed by atoms with Crippen molar-refractivity contribution < 1.29 is 4.79 Å². The molecule has 0 aliphatic heterocycles. The van der Waals surface area contributed by atoms with Crippen molar-refractivity contribution in [2.75, 3.05) is 11.9 Å². The predicted molar refractivity (Wildman–Crippen MR) is 82.2 cm³/mol. The highest BCUT2D eigenvalue weighted by Crippen LogP contribution is 2.20. The average molecular weight is 286 g/mol. The van der Waals surface area contributed by atoms with Crippen molar-refractivity contribution in [2.24, 2.45) is 0 Å². The number of hydrogen-bond donors (Lipinski definition) is 2. The van der Waals surface area contributed by atoms with Crippen LogP contribution >= 0.6 is 0 Å². The fraction of sp³-hybridized carbons (Fsp3) is 0.562. The molecule has 1 aromatic rings. The summed E-state index contributed by atoms with van der Waals surface area (Å²) in [6, 6.07) is 3.90. The topological polar surface area (TPSA) is 66.9 Å². The number of nitrogens with zero attached hydrogens (tertiary/aromatic N) is 2. The van der Waals surface area contributed by atoms with E-state index >= 15 is 0 Å². The summed E-state index contributed by atoms with van der Waals surface area (Å²) in [6.45, 7) is 0.869. The quantitative estimate of drug-likeness (QED) is 0.789. The fourth-order valence-corrected chi connectivity index (χ4v) is 2.52. The van der Waals surface area contributed by atoms with Gasteiger partial charge in [-0.2, -0.15) is 0 Å². The molecule has 21 heavy (non-hydrogen) atoms. The van der Waals surface area contributed by atoms with Crippen LogP contribution in [0.4, 0.5) is 5.82 Å². The number of carbonyl (C=O) groups is 1. The minimum atomic E-state index is -0.121. The van der Waals surface area contributed by atoms with Gasteiger partial charge in [-0.1, -0.05) is 11.6 Å². The minimum absolute atomic E-state index is 0.121. The molecular formula is C16H22N4O. The maximum atomic E-state index is 11.8. The van der Waals surface area contributed by atoms with Gasteiger partial charge in [0.2, 0.25) is 0 Å². The molecule has 1 fully saturated rings. The maximum Gasteiger partial charge on any atom is 0.272 e. The van der Waals surface area contributed by atoms with E-state index in [1.807, 2.05) is 6.07 Å². The molecule has 0 saturated heterocycles. The van der Waals surface area contributed by atoms with Gasteiger partial charge in [0.15, 0.2) is 5.69 Å². The molecule has 0 radical (unpaired) electrons. The van der Waals surface area contributed by atoms with E-state index in [9.17, 15) is 4.79 Å². The van der Waals surface area contributed by atoms with Crippen LogP contribution in [0.15, 0.2) is 23.8 Å². The first kappa shape index (κ1) is 14.0. The normalized spacial score (nSPS) is 18.0. The molecule has 5 heteroatoms. The lowest BCUT2D eigenvalue weighted by Crippen LogP contribution is -2.26. The van der Waals surface area contributed by atoms with E-state index in [0.717, 1.165) is 31.6 Å². The highest BCUT2D eigenvalue weighted by molar-refractivity contribution is 5.92. The standard InChI is InChI=1S/C16H22N4O/c21-16(18-13-6-7-13)14-8-9-15(20-19-14)17-11-10-12-4-2-1-3-5-12/h4,8-9,13H,1-3,5-7,10-11H2,(H,17,20)(H,18,21). The third kappa shape index (κ3) is 4.28. The monoisotopic (exact) mass is 286 g/mol. The van der Waals surface area contributed by atoms with Crippen LogP contribution in [-0.2, 0) is 0 Å². The summed E-state index contributed by atoms with van der Waals surface area (Å²) in [5, 5.41) is 14.2. The summed E-state index contributed by atoms with van der Waals surface area (Å²) < 4.78 is 0. The van der Waals surface area contributed by atoms with Gasteiger partial charge in [0.1, 0.15) is 5.82 Å². The van der Waals surface area contributed by atoms with Gasteiger partial charge in [-0.25, -0.2) is 0 Å². The van der Waals surface area contributed by atoms with Gasteiger partial charge >= 0.3 is 0 Å². The first-order valence-corrected chi connectivity index (χ1v) is 7.87. The molecule has 1 aromatic heterocycles. The number of anilines is 1. The van der Waals surface area contributed by atoms with Crippen LogP contribution < -0.4 is 10.6 Å². The van der Waals surface area contributed by atoms with Crippen molar-refractivity contribution in [2.45, 2.75) is 51.0 Å².